The Kier molecular flexibility index (Phi) is 7.20. The van der Waals surface area contributed by atoms with E-state index < -0.39 is 0 Å². The Morgan fingerprint density at radius 1 is 0.293 bits per heavy atom. The minimum Gasteiger partial charge on any atom is -0.456 e. The van der Waals surface area contributed by atoms with Gasteiger partial charge in [0.25, 0.3) is 0 Å². The average molecular weight is 742 g/mol. The molecule has 0 bridgehead atoms. The molecule has 3 aromatic heterocycles. The number of aromatic nitrogens is 2. The molecule has 0 saturated carbocycles. The van der Waals surface area contributed by atoms with E-state index >= 15 is 0 Å². The summed E-state index contributed by atoms with van der Waals surface area (Å²) in [4.78, 5) is 2.38. The molecule has 0 spiro atoms. The zero-order chi connectivity index (χ0) is 38.2. The molecule has 0 unspecified atom stereocenters. The molecule has 0 atom stereocenters. The van der Waals surface area contributed by atoms with Crippen molar-refractivity contribution < 1.29 is 4.42 Å². The molecule has 3 heterocycles. The molecule has 0 aliphatic rings. The van der Waals surface area contributed by atoms with Gasteiger partial charge < -0.3 is 18.5 Å². The van der Waals surface area contributed by atoms with Crippen molar-refractivity contribution in [3.05, 3.63) is 212 Å². The van der Waals surface area contributed by atoms with Crippen molar-refractivity contribution >= 4 is 82.6 Å². The summed E-state index contributed by atoms with van der Waals surface area (Å²) in [5, 5.41) is 7.21. The quantitative estimate of drug-likeness (QED) is 0.170. The third-order valence-corrected chi connectivity index (χ3v) is 11.7. The maximum Gasteiger partial charge on any atom is 0.135 e. The van der Waals surface area contributed by atoms with E-state index in [1.807, 2.05) is 12.1 Å². The van der Waals surface area contributed by atoms with Gasteiger partial charge in [-0.15, -0.1) is 0 Å². The van der Waals surface area contributed by atoms with Crippen molar-refractivity contribution in [3.63, 3.8) is 0 Å². The zero-order valence-corrected chi connectivity index (χ0v) is 31.5. The summed E-state index contributed by atoms with van der Waals surface area (Å²) in [7, 11) is 0. The lowest BCUT2D eigenvalue weighted by Crippen LogP contribution is -2.10. The van der Waals surface area contributed by atoms with Crippen LogP contribution in [0.2, 0.25) is 0 Å². The fourth-order valence-corrected chi connectivity index (χ4v) is 9.06. The van der Waals surface area contributed by atoms with Crippen LogP contribution >= 0.6 is 0 Å². The van der Waals surface area contributed by atoms with Crippen molar-refractivity contribution in [1.82, 2.24) is 9.13 Å². The topological polar surface area (TPSA) is 26.2 Å². The molecule has 0 amide bonds. The zero-order valence-electron chi connectivity index (χ0n) is 31.5. The highest BCUT2D eigenvalue weighted by Crippen LogP contribution is 2.42. The van der Waals surface area contributed by atoms with Crippen LogP contribution in [0.3, 0.4) is 0 Å². The maximum absolute atomic E-state index is 6.14. The molecule has 272 valence electrons. The van der Waals surface area contributed by atoms with Gasteiger partial charge in [-0.1, -0.05) is 109 Å². The molecule has 4 heteroatoms. The van der Waals surface area contributed by atoms with Crippen LogP contribution in [0.5, 0.6) is 0 Å². The predicted octanol–water partition coefficient (Wildman–Crippen LogP) is 14.9. The van der Waals surface area contributed by atoms with Gasteiger partial charge in [-0.05, 0) is 114 Å². The molecule has 9 aromatic carbocycles. The lowest BCUT2D eigenvalue weighted by atomic mass is 10.0. The molecule has 0 aliphatic heterocycles. The fraction of sp³-hybridized carbons (Fsp3) is 0. The third kappa shape index (κ3) is 5.02. The number of benzene rings is 9. The SMILES string of the molecule is c1ccc(-n2c3ccccc3c3cc(N(c4ccc(-c5ccc6oc7ccccc7c6c5)cc4)c4ccc(-n5c6ccccc6c6ccccc65)cc4)ccc32)cc1. The van der Waals surface area contributed by atoms with Crippen molar-refractivity contribution in [3.8, 4) is 22.5 Å². The number of hydrogen-bond acceptors (Lipinski definition) is 2. The molecule has 0 saturated heterocycles. The summed E-state index contributed by atoms with van der Waals surface area (Å²) in [5.41, 5.74) is 14.4. The Balaban J connectivity index is 1.01. The van der Waals surface area contributed by atoms with E-state index in [0.717, 1.165) is 61.5 Å². The smallest absolute Gasteiger partial charge is 0.135 e. The van der Waals surface area contributed by atoms with Gasteiger partial charge in [0.2, 0.25) is 0 Å². The average Bonchev–Trinajstić information content (AvgIpc) is 3.95. The molecular weight excluding hydrogens is 707 g/mol. The number of fused-ring (bicyclic) bond motifs is 9. The normalized spacial score (nSPS) is 11.8. The predicted molar refractivity (Wildman–Crippen MR) is 243 cm³/mol. The molecule has 4 nitrogen and oxygen atoms in total. The molecular formula is C54H35N3O. The van der Waals surface area contributed by atoms with Crippen molar-refractivity contribution in [2.45, 2.75) is 0 Å². The van der Waals surface area contributed by atoms with E-state index in [-0.39, 0.29) is 0 Å². The lowest BCUT2D eigenvalue weighted by Gasteiger charge is -2.26. The molecule has 0 aliphatic carbocycles. The fourth-order valence-electron chi connectivity index (χ4n) is 9.06. The highest BCUT2D eigenvalue weighted by Gasteiger charge is 2.19. The molecule has 12 aromatic rings. The van der Waals surface area contributed by atoms with Crippen LogP contribution in [0.1, 0.15) is 0 Å². The highest BCUT2D eigenvalue weighted by molar-refractivity contribution is 6.11. The Hall–Kier alpha value is -7.82. The van der Waals surface area contributed by atoms with Crippen LogP contribution in [0.4, 0.5) is 17.1 Å². The number of furan rings is 1. The monoisotopic (exact) mass is 741 g/mol. The summed E-state index contributed by atoms with van der Waals surface area (Å²) < 4.78 is 10.9. The Bertz CT molecular complexity index is 3440. The Labute approximate surface area is 334 Å². The second-order valence-electron chi connectivity index (χ2n) is 15.0. The molecule has 0 radical (unpaired) electrons. The van der Waals surface area contributed by atoms with Crippen molar-refractivity contribution in [1.29, 1.82) is 0 Å². The summed E-state index contributed by atoms with van der Waals surface area (Å²) in [6, 6.07) is 76.3. The second kappa shape index (κ2) is 12.9. The van der Waals surface area contributed by atoms with E-state index in [9.17, 15) is 0 Å². The first-order valence-electron chi connectivity index (χ1n) is 19.8. The van der Waals surface area contributed by atoms with Crippen LogP contribution in [0.15, 0.2) is 217 Å². The number of rotatable bonds is 6. The first-order valence-corrected chi connectivity index (χ1v) is 19.8. The van der Waals surface area contributed by atoms with E-state index in [1.165, 1.54) is 43.6 Å². The van der Waals surface area contributed by atoms with E-state index in [2.05, 4.69) is 214 Å². The van der Waals surface area contributed by atoms with Gasteiger partial charge in [0.05, 0.1) is 22.1 Å². The van der Waals surface area contributed by atoms with Crippen LogP contribution in [0.25, 0.3) is 88.1 Å². The molecule has 12 rings (SSSR count). The van der Waals surface area contributed by atoms with E-state index in [0.29, 0.717) is 0 Å². The van der Waals surface area contributed by atoms with Crippen LogP contribution in [0, 0.1) is 0 Å². The van der Waals surface area contributed by atoms with Gasteiger partial charge in [-0.25, -0.2) is 0 Å². The van der Waals surface area contributed by atoms with Crippen LogP contribution < -0.4 is 4.90 Å². The minimum atomic E-state index is 0.904. The van der Waals surface area contributed by atoms with Gasteiger partial charge in [-0.2, -0.15) is 0 Å². The number of nitrogens with zero attached hydrogens (tertiary/aromatic N) is 3. The van der Waals surface area contributed by atoms with Crippen molar-refractivity contribution in [2.75, 3.05) is 4.90 Å². The molecule has 0 N–H and O–H groups in total. The standard InChI is InChI=1S/C54H35N3O/c1-2-12-38(13-3-1)56-51-20-10-6-16-45(51)47-35-42(31-32-52(47)56)55(39-25-22-36(23-26-39)37-24-33-54-48(34-37)46-17-7-11-21-53(46)58-54)40-27-29-41(30-28-40)57-49-18-8-4-14-43(49)44-15-5-9-19-50(44)57/h1-35H. The number of hydrogen-bond donors (Lipinski definition) is 0. The molecule has 0 fully saturated rings. The number of para-hydroxylation sites is 5. The lowest BCUT2D eigenvalue weighted by molar-refractivity contribution is 0.669. The highest BCUT2D eigenvalue weighted by atomic mass is 16.3. The van der Waals surface area contributed by atoms with E-state index in [4.69, 9.17) is 4.42 Å². The van der Waals surface area contributed by atoms with Gasteiger partial charge in [0.1, 0.15) is 11.2 Å². The summed E-state index contributed by atoms with van der Waals surface area (Å²) in [6.07, 6.45) is 0. The van der Waals surface area contributed by atoms with Gasteiger partial charge >= 0.3 is 0 Å². The number of anilines is 3. The summed E-state index contributed by atoms with van der Waals surface area (Å²) >= 11 is 0. The second-order valence-corrected chi connectivity index (χ2v) is 15.0. The Morgan fingerprint density at radius 3 is 1.41 bits per heavy atom. The van der Waals surface area contributed by atoms with Gasteiger partial charge in [0, 0.05) is 60.8 Å². The largest absolute Gasteiger partial charge is 0.456 e. The minimum absolute atomic E-state index is 0.904. The first-order chi connectivity index (χ1) is 28.8. The summed E-state index contributed by atoms with van der Waals surface area (Å²) in [5.74, 6) is 0. The maximum atomic E-state index is 6.14. The Morgan fingerprint density at radius 2 is 0.759 bits per heavy atom. The van der Waals surface area contributed by atoms with Crippen molar-refractivity contribution in [2.24, 2.45) is 0 Å². The van der Waals surface area contributed by atoms with Gasteiger partial charge in [-0.3, -0.25) is 0 Å². The van der Waals surface area contributed by atoms with E-state index in [1.54, 1.807) is 0 Å². The third-order valence-electron chi connectivity index (χ3n) is 11.7. The van der Waals surface area contributed by atoms with Crippen LogP contribution in [-0.4, -0.2) is 9.13 Å². The first kappa shape index (κ1) is 32.4. The summed E-state index contributed by atoms with van der Waals surface area (Å²) in [6.45, 7) is 0. The van der Waals surface area contributed by atoms with Gasteiger partial charge in [0.15, 0.2) is 0 Å². The van der Waals surface area contributed by atoms with Crippen LogP contribution in [-0.2, 0) is 0 Å². The molecule has 58 heavy (non-hydrogen) atoms.